The molecule has 16 heteroatoms. The molecule has 0 aromatic carbocycles. The van der Waals surface area contributed by atoms with Crippen LogP contribution in [0.25, 0.3) is 0 Å². The third-order valence-electron chi connectivity index (χ3n) is 3.42. The van der Waals surface area contributed by atoms with E-state index in [1.807, 2.05) is 13.8 Å². The van der Waals surface area contributed by atoms with E-state index in [0.717, 1.165) is 35.0 Å². The summed E-state index contributed by atoms with van der Waals surface area (Å²) in [4.78, 5) is 42.2. The first-order chi connectivity index (χ1) is 18.9. The van der Waals surface area contributed by atoms with Crippen LogP contribution in [0.3, 0.4) is 0 Å². The number of aromatic amines is 1. The van der Waals surface area contributed by atoms with Gasteiger partial charge in [-0.2, -0.15) is 9.46 Å². The van der Waals surface area contributed by atoms with Crippen LogP contribution < -0.4 is 54.1 Å². The fraction of sp³-hybridized carbons (Fsp3) is 0.320. The van der Waals surface area contributed by atoms with Gasteiger partial charge in [0.15, 0.2) is 24.8 Å². The number of pyridine rings is 3. The Morgan fingerprint density at radius 1 is 0.902 bits per heavy atom. The molecule has 0 bridgehead atoms. The Kier molecular flexibility index (Phi) is 26.5. The van der Waals surface area contributed by atoms with Crippen molar-refractivity contribution in [1.82, 2.24) is 4.98 Å². The van der Waals surface area contributed by atoms with E-state index in [4.69, 9.17) is 14.6 Å². The molecule has 222 valence electrons. The Morgan fingerprint density at radius 2 is 1.32 bits per heavy atom. The summed E-state index contributed by atoms with van der Waals surface area (Å²) >= 11 is 0. The molecule has 3 heterocycles. The van der Waals surface area contributed by atoms with E-state index >= 15 is 0 Å². The fourth-order valence-corrected chi connectivity index (χ4v) is 2.07. The fourth-order valence-electron chi connectivity index (χ4n) is 2.07. The van der Waals surface area contributed by atoms with E-state index in [9.17, 15) is 34.9 Å². The summed E-state index contributed by atoms with van der Waals surface area (Å²) < 4.78 is 15.4. The summed E-state index contributed by atoms with van der Waals surface area (Å²) in [5.74, 6) is 0.223. The van der Waals surface area contributed by atoms with Crippen molar-refractivity contribution in [3.8, 4) is 11.5 Å². The summed E-state index contributed by atoms with van der Waals surface area (Å²) in [5, 5.41) is 38.4. The number of carbonyl (C=O) groups excluding carboxylic acids is 2. The third kappa shape index (κ3) is 26.0. The first-order valence-corrected chi connectivity index (χ1v) is 11.7. The number of hydrogen-bond donors (Lipinski definition) is 2. The number of nitro groups is 1. The van der Waals surface area contributed by atoms with Gasteiger partial charge in [0.2, 0.25) is 0 Å². The van der Waals surface area contributed by atoms with Gasteiger partial charge in [0, 0.05) is 44.9 Å². The second-order valence-electron chi connectivity index (χ2n) is 6.72. The van der Waals surface area contributed by atoms with E-state index in [2.05, 4.69) is 9.72 Å². The number of nitrogens with one attached hydrogen (secondary N) is 1. The van der Waals surface area contributed by atoms with E-state index < -0.39 is 16.9 Å². The van der Waals surface area contributed by atoms with Crippen LogP contribution in [0.1, 0.15) is 36.0 Å². The molecule has 0 fully saturated rings. The Labute approximate surface area is 260 Å². The molecule has 0 radical (unpaired) electrons. The molecule has 0 aliphatic carbocycles. The third-order valence-corrected chi connectivity index (χ3v) is 3.42. The molecule has 3 aromatic heterocycles. The molecule has 2 N–H and O–H groups in total. The first-order valence-electron chi connectivity index (χ1n) is 11.7. The van der Waals surface area contributed by atoms with Crippen LogP contribution in [0.5, 0.6) is 11.5 Å². The molecule has 0 unspecified atom stereocenters. The zero-order chi connectivity index (χ0) is 30.9. The average molecular weight is 591 g/mol. The van der Waals surface area contributed by atoms with Crippen molar-refractivity contribution in [2.24, 2.45) is 0 Å². The number of H-pyrrole nitrogens is 1. The van der Waals surface area contributed by atoms with Crippen LogP contribution in [0.4, 0.5) is 5.69 Å². The second kappa shape index (κ2) is 26.2. The largest absolute Gasteiger partial charge is 1.00 e. The topological polar surface area (TPSA) is 212 Å². The van der Waals surface area contributed by atoms with Crippen LogP contribution >= 0.6 is 0 Å². The summed E-state index contributed by atoms with van der Waals surface area (Å²) in [6, 6.07) is 8.70. The van der Waals surface area contributed by atoms with Gasteiger partial charge in [0.05, 0.1) is 30.3 Å². The predicted molar refractivity (Wildman–Crippen MR) is 143 cm³/mol. The van der Waals surface area contributed by atoms with Crippen molar-refractivity contribution < 1.29 is 74.3 Å². The van der Waals surface area contributed by atoms with Crippen molar-refractivity contribution >= 4 is 17.6 Å². The van der Waals surface area contributed by atoms with Crippen LogP contribution in [0.15, 0.2) is 72.2 Å². The van der Waals surface area contributed by atoms with Gasteiger partial charge in [-0.25, -0.2) is 0 Å². The maximum Gasteiger partial charge on any atom is 1.00 e. The van der Waals surface area contributed by atoms with Gasteiger partial charge in [-0.3, -0.25) is 24.5 Å². The number of rotatable bonds is 5. The summed E-state index contributed by atoms with van der Waals surface area (Å²) in [6.07, 6.45) is 6.54. The minimum absolute atomic E-state index is 0. The number of ether oxygens (including phenoxy) is 3. The van der Waals surface area contributed by atoms with Gasteiger partial charge < -0.3 is 36.1 Å². The van der Waals surface area contributed by atoms with E-state index in [0.29, 0.717) is 23.7 Å². The zero-order valence-electron chi connectivity index (χ0n) is 24.8. The zero-order valence-corrected chi connectivity index (χ0v) is 25.8. The number of aliphatic hydroxyl groups excluding tert-OH is 1. The number of aliphatic hydroxyl groups is 1. The summed E-state index contributed by atoms with van der Waals surface area (Å²) in [5.41, 5.74) is -0.210. The molecule has 0 spiro atoms. The van der Waals surface area contributed by atoms with Gasteiger partial charge in [-0.15, -0.1) is 0 Å². The van der Waals surface area contributed by atoms with Crippen molar-refractivity contribution in [1.29, 1.82) is 0 Å². The Balaban J connectivity index is -0.000000220. The number of nitrogens with zero attached hydrogens (tertiary/aromatic N) is 3. The van der Waals surface area contributed by atoms with Crippen LogP contribution in [0, 0.1) is 20.5 Å². The van der Waals surface area contributed by atoms with Gasteiger partial charge in [0.25, 0.3) is 11.2 Å². The molecule has 0 aliphatic heterocycles. The SMILES string of the molecule is CC(=O)OC(C)=O.CCO.CCOc1cc[n+]([O-])cc1.CCOc1cc[nH]c(=O)c1.O=[N+]([O-])c1cc[n+]([O-])cc1.[H-].[Na+]. The molecule has 3 rings (SSSR count). The monoisotopic (exact) mass is 590 g/mol. The number of aromatic nitrogens is 3. The number of carbonyl (C=O) groups is 2. The minimum atomic E-state index is -0.562. The molecule has 0 saturated heterocycles. The van der Waals surface area contributed by atoms with Gasteiger partial charge in [-0.1, -0.05) is 0 Å². The van der Waals surface area contributed by atoms with Gasteiger partial charge in [-0.05, 0) is 26.8 Å². The molecule has 0 saturated carbocycles. The van der Waals surface area contributed by atoms with Gasteiger partial charge >= 0.3 is 41.5 Å². The van der Waals surface area contributed by atoms with E-state index in [1.165, 1.54) is 32.3 Å². The van der Waals surface area contributed by atoms with E-state index in [-0.39, 0.29) is 48.8 Å². The molecule has 0 atom stereocenters. The number of hydrogen-bond acceptors (Lipinski definition) is 11. The smallest absolute Gasteiger partial charge is 1.00 e. The maximum absolute atomic E-state index is 10.6. The molecule has 0 aliphatic rings. The molecular formula is C25H35N4NaO11. The Hall–Kier alpha value is -4.05. The molecule has 41 heavy (non-hydrogen) atoms. The summed E-state index contributed by atoms with van der Waals surface area (Å²) in [7, 11) is 0. The maximum atomic E-state index is 10.6. The first kappa shape index (κ1) is 41.4. The molecule has 3 aromatic rings. The molecule has 0 amide bonds. The normalized spacial score (nSPS) is 8.54. The van der Waals surface area contributed by atoms with Crippen LogP contribution in [-0.4, -0.2) is 46.8 Å². The van der Waals surface area contributed by atoms with E-state index in [1.54, 1.807) is 31.3 Å². The van der Waals surface area contributed by atoms with Crippen molar-refractivity contribution in [2.75, 3.05) is 19.8 Å². The molecular weight excluding hydrogens is 555 g/mol. The van der Waals surface area contributed by atoms with Crippen LogP contribution in [-0.2, 0) is 14.3 Å². The Morgan fingerprint density at radius 3 is 1.66 bits per heavy atom. The quantitative estimate of drug-likeness (QED) is 0.0694. The van der Waals surface area contributed by atoms with Crippen molar-refractivity contribution in [2.45, 2.75) is 34.6 Å². The minimum Gasteiger partial charge on any atom is -1.00 e. The Bertz CT molecular complexity index is 1170. The van der Waals surface area contributed by atoms with Crippen molar-refractivity contribution in [3.05, 3.63) is 98.3 Å². The number of esters is 2. The van der Waals surface area contributed by atoms with Crippen LogP contribution in [0.2, 0.25) is 0 Å². The predicted octanol–water partition coefficient (Wildman–Crippen LogP) is -1.07. The summed E-state index contributed by atoms with van der Waals surface area (Å²) in [6.45, 7) is 9.29. The average Bonchev–Trinajstić information content (AvgIpc) is 2.87. The van der Waals surface area contributed by atoms with Crippen molar-refractivity contribution in [3.63, 3.8) is 0 Å². The molecule has 15 nitrogen and oxygen atoms in total. The second-order valence-corrected chi connectivity index (χ2v) is 6.72. The van der Waals surface area contributed by atoms with Gasteiger partial charge in [0.1, 0.15) is 11.5 Å². The standard InChI is InChI=1S/2C7H9NO2.C5H4N2O3.C4H6O3.C2H6O.Na.H/c1-2-10-7-3-5-8(9)6-4-7;1-2-10-6-3-4-8-7(9)5-6;8-6-3-1-5(2-4-6)7(9)10;1-3(5)7-4(2)6;1-2-3;;/h3-6H,2H2,1H3;3-5H,2H2,1H3,(H,8,9);1-4H;1-2H3;3H,2H2,1H3;;/q;;;;;+1;-1.